The molecule has 3 aliphatic heterocycles. The summed E-state index contributed by atoms with van der Waals surface area (Å²) < 4.78 is 8.28. The van der Waals surface area contributed by atoms with Crippen molar-refractivity contribution in [1.29, 1.82) is 0 Å². The molecule has 1 aromatic heterocycles. The molecule has 162 valence electrons. The van der Waals surface area contributed by atoms with E-state index in [0.29, 0.717) is 6.04 Å². The zero-order chi connectivity index (χ0) is 20.4. The van der Waals surface area contributed by atoms with Gasteiger partial charge >= 0.3 is 0 Å². The zero-order valence-corrected chi connectivity index (χ0v) is 18.5. The van der Waals surface area contributed by atoms with Crippen molar-refractivity contribution in [2.45, 2.75) is 51.2 Å². The van der Waals surface area contributed by atoms with E-state index in [4.69, 9.17) is 4.74 Å². The molecule has 1 aromatic rings. The summed E-state index contributed by atoms with van der Waals surface area (Å²) in [5, 5.41) is 0. The summed E-state index contributed by atoms with van der Waals surface area (Å²) in [6.07, 6.45) is 6.15. The van der Waals surface area contributed by atoms with Crippen LogP contribution < -0.4 is 0 Å². The largest absolute Gasteiger partial charge is 0.375 e. The molecule has 0 aliphatic carbocycles. The van der Waals surface area contributed by atoms with Gasteiger partial charge in [0, 0.05) is 71.7 Å². The Labute approximate surface area is 175 Å². The van der Waals surface area contributed by atoms with Crippen LogP contribution in [0.4, 0.5) is 0 Å². The maximum absolute atomic E-state index is 12.8. The SMILES string of the molecule is CC(C)CN1CCN([C@H]2CCOC3(CCN(C(=O)c4cccn4C)CC3)C2)CC1. The van der Waals surface area contributed by atoms with Crippen LogP contribution in [0.1, 0.15) is 50.0 Å². The third-order valence-electron chi connectivity index (χ3n) is 7.14. The molecular weight excluding hydrogens is 364 g/mol. The fourth-order valence-corrected chi connectivity index (χ4v) is 5.45. The summed E-state index contributed by atoms with van der Waals surface area (Å²) >= 11 is 0. The van der Waals surface area contributed by atoms with E-state index in [0.717, 1.165) is 57.0 Å². The van der Waals surface area contributed by atoms with Crippen molar-refractivity contribution in [3.63, 3.8) is 0 Å². The third-order valence-corrected chi connectivity index (χ3v) is 7.14. The Morgan fingerprint density at radius 3 is 2.52 bits per heavy atom. The highest BCUT2D eigenvalue weighted by molar-refractivity contribution is 5.92. The molecule has 1 amide bonds. The van der Waals surface area contributed by atoms with Crippen LogP contribution in [0.25, 0.3) is 0 Å². The molecular formula is C23H38N4O2. The van der Waals surface area contributed by atoms with Crippen LogP contribution in [0.15, 0.2) is 18.3 Å². The molecule has 0 saturated carbocycles. The maximum atomic E-state index is 12.8. The number of hydrogen-bond acceptors (Lipinski definition) is 4. The van der Waals surface area contributed by atoms with Crippen LogP contribution in [0.2, 0.25) is 0 Å². The number of aromatic nitrogens is 1. The fraction of sp³-hybridized carbons (Fsp3) is 0.783. The standard InChI is InChI=1S/C23H38N4O2/c1-19(2)18-25-12-14-26(15-13-25)20-6-16-29-23(17-20)7-10-27(11-8-23)22(28)21-5-4-9-24(21)3/h4-5,9,19-20H,6-8,10-18H2,1-3H3/t20-/m0/s1. The summed E-state index contributed by atoms with van der Waals surface area (Å²) in [6, 6.07) is 4.49. The molecule has 0 bridgehead atoms. The molecule has 1 atom stereocenters. The monoisotopic (exact) mass is 402 g/mol. The number of hydrogen-bond donors (Lipinski definition) is 0. The van der Waals surface area contributed by atoms with Gasteiger partial charge in [0.25, 0.3) is 5.91 Å². The van der Waals surface area contributed by atoms with E-state index in [1.807, 2.05) is 34.8 Å². The van der Waals surface area contributed by atoms with Crippen LogP contribution >= 0.6 is 0 Å². The van der Waals surface area contributed by atoms with Gasteiger partial charge in [0.2, 0.25) is 0 Å². The van der Waals surface area contributed by atoms with Crippen molar-refractivity contribution < 1.29 is 9.53 Å². The van der Waals surface area contributed by atoms with Gasteiger partial charge in [-0.2, -0.15) is 0 Å². The average Bonchev–Trinajstić information content (AvgIpc) is 3.14. The van der Waals surface area contributed by atoms with Gasteiger partial charge in [0.05, 0.1) is 5.60 Å². The molecule has 4 rings (SSSR count). The fourth-order valence-electron chi connectivity index (χ4n) is 5.45. The van der Waals surface area contributed by atoms with E-state index >= 15 is 0 Å². The number of amides is 1. The minimum atomic E-state index is -0.0248. The van der Waals surface area contributed by atoms with Gasteiger partial charge in [-0.1, -0.05) is 13.8 Å². The van der Waals surface area contributed by atoms with E-state index in [1.54, 1.807) is 0 Å². The van der Waals surface area contributed by atoms with E-state index in [2.05, 4.69) is 23.6 Å². The van der Waals surface area contributed by atoms with Crippen molar-refractivity contribution in [1.82, 2.24) is 19.3 Å². The second-order valence-electron chi connectivity index (χ2n) is 9.71. The number of ether oxygens (including phenoxy) is 1. The molecule has 3 aliphatic rings. The minimum absolute atomic E-state index is 0.0248. The lowest BCUT2D eigenvalue weighted by Crippen LogP contribution is -2.57. The van der Waals surface area contributed by atoms with Crippen molar-refractivity contribution in [2.75, 3.05) is 52.4 Å². The van der Waals surface area contributed by atoms with Crippen LogP contribution in [0.5, 0.6) is 0 Å². The second kappa shape index (κ2) is 8.78. The number of carbonyl (C=O) groups excluding carboxylic acids is 1. The summed E-state index contributed by atoms with van der Waals surface area (Å²) in [5.41, 5.74) is 0.755. The second-order valence-corrected chi connectivity index (χ2v) is 9.71. The molecule has 0 unspecified atom stereocenters. The Morgan fingerprint density at radius 2 is 1.90 bits per heavy atom. The Balaban J connectivity index is 1.30. The third kappa shape index (κ3) is 4.70. The molecule has 0 radical (unpaired) electrons. The normalized spacial score (nSPS) is 26.3. The van der Waals surface area contributed by atoms with Crippen molar-refractivity contribution >= 4 is 5.91 Å². The smallest absolute Gasteiger partial charge is 0.270 e. The van der Waals surface area contributed by atoms with E-state index < -0.39 is 0 Å². The Morgan fingerprint density at radius 1 is 1.17 bits per heavy atom. The number of aryl methyl sites for hydroxylation is 1. The Kier molecular flexibility index (Phi) is 6.32. The van der Waals surface area contributed by atoms with Gasteiger partial charge < -0.3 is 19.1 Å². The predicted octanol–water partition coefficient (Wildman–Crippen LogP) is 2.45. The number of rotatable bonds is 4. The summed E-state index contributed by atoms with van der Waals surface area (Å²) in [4.78, 5) is 20.2. The van der Waals surface area contributed by atoms with Crippen molar-refractivity contribution in [3.8, 4) is 0 Å². The van der Waals surface area contributed by atoms with E-state index in [-0.39, 0.29) is 11.5 Å². The first-order chi connectivity index (χ1) is 14.0. The van der Waals surface area contributed by atoms with Crippen LogP contribution in [0, 0.1) is 5.92 Å². The van der Waals surface area contributed by atoms with Crippen molar-refractivity contribution in [2.24, 2.45) is 13.0 Å². The molecule has 4 heterocycles. The van der Waals surface area contributed by atoms with Crippen LogP contribution in [-0.2, 0) is 11.8 Å². The van der Waals surface area contributed by atoms with E-state index in [1.165, 1.54) is 32.7 Å². The van der Waals surface area contributed by atoms with Gasteiger partial charge in [-0.3, -0.25) is 9.69 Å². The molecule has 6 heteroatoms. The quantitative estimate of drug-likeness (QED) is 0.776. The summed E-state index contributed by atoms with van der Waals surface area (Å²) in [6.45, 7) is 13.1. The summed E-state index contributed by atoms with van der Waals surface area (Å²) in [7, 11) is 1.94. The van der Waals surface area contributed by atoms with Crippen molar-refractivity contribution in [3.05, 3.63) is 24.0 Å². The number of piperazine rings is 1. The van der Waals surface area contributed by atoms with Gasteiger partial charge in [-0.25, -0.2) is 0 Å². The maximum Gasteiger partial charge on any atom is 0.270 e. The first-order valence-corrected chi connectivity index (χ1v) is 11.5. The first-order valence-electron chi connectivity index (χ1n) is 11.5. The molecule has 0 aromatic carbocycles. The highest BCUT2D eigenvalue weighted by Gasteiger charge is 2.43. The first kappa shape index (κ1) is 20.9. The highest BCUT2D eigenvalue weighted by Crippen LogP contribution is 2.37. The Hall–Kier alpha value is -1.37. The van der Waals surface area contributed by atoms with Gasteiger partial charge in [0.15, 0.2) is 0 Å². The Bertz CT molecular complexity index is 685. The average molecular weight is 403 g/mol. The van der Waals surface area contributed by atoms with Gasteiger partial charge in [0.1, 0.15) is 5.69 Å². The molecule has 3 saturated heterocycles. The lowest BCUT2D eigenvalue weighted by molar-refractivity contribution is -0.132. The number of carbonyl (C=O) groups is 1. The molecule has 1 spiro atoms. The predicted molar refractivity (Wildman–Crippen MR) is 115 cm³/mol. The number of nitrogens with zero attached hydrogens (tertiary/aromatic N) is 4. The molecule has 0 N–H and O–H groups in total. The number of piperidine rings is 1. The lowest BCUT2D eigenvalue weighted by atomic mass is 9.81. The topological polar surface area (TPSA) is 41.0 Å². The summed E-state index contributed by atoms with van der Waals surface area (Å²) in [5.74, 6) is 0.900. The van der Waals surface area contributed by atoms with Gasteiger partial charge in [-0.15, -0.1) is 0 Å². The minimum Gasteiger partial charge on any atom is -0.375 e. The lowest BCUT2D eigenvalue weighted by Gasteiger charge is -2.49. The molecule has 6 nitrogen and oxygen atoms in total. The number of likely N-dealkylation sites (tertiary alicyclic amines) is 1. The van der Waals surface area contributed by atoms with Gasteiger partial charge in [-0.05, 0) is 43.7 Å². The van der Waals surface area contributed by atoms with Crippen LogP contribution in [0.3, 0.4) is 0 Å². The zero-order valence-electron chi connectivity index (χ0n) is 18.5. The molecule has 3 fully saturated rings. The van der Waals surface area contributed by atoms with E-state index in [9.17, 15) is 4.79 Å². The highest BCUT2D eigenvalue weighted by atomic mass is 16.5. The molecule has 29 heavy (non-hydrogen) atoms. The van der Waals surface area contributed by atoms with Crippen LogP contribution in [-0.4, -0.2) is 89.2 Å².